The van der Waals surface area contributed by atoms with Crippen LogP contribution in [0.15, 0.2) is 48.5 Å². The van der Waals surface area contributed by atoms with Crippen molar-refractivity contribution in [1.29, 1.82) is 0 Å². The molecule has 2 aromatic rings. The van der Waals surface area contributed by atoms with Crippen LogP contribution in [0.4, 0.5) is 13.2 Å². The quantitative estimate of drug-likeness (QED) is 0.812. The van der Waals surface area contributed by atoms with Crippen molar-refractivity contribution in [3.05, 3.63) is 65.2 Å². The van der Waals surface area contributed by atoms with E-state index in [2.05, 4.69) is 4.74 Å². The number of halogens is 3. The normalized spacial score (nSPS) is 11.0. The smallest absolute Gasteiger partial charge is 0.417 e. The third kappa shape index (κ3) is 4.25. The number of rotatable bonds is 6. The van der Waals surface area contributed by atoms with Gasteiger partial charge in [0.25, 0.3) is 0 Å². The summed E-state index contributed by atoms with van der Waals surface area (Å²) in [5.74, 6) is 0.0926. The highest BCUT2D eigenvalue weighted by atomic mass is 19.4. The molecule has 2 aromatic carbocycles. The molecule has 0 amide bonds. The number of ether oxygens (including phenoxy) is 2. The van der Waals surface area contributed by atoms with Gasteiger partial charge in [-0.2, -0.15) is 13.2 Å². The Morgan fingerprint density at radius 3 is 2.36 bits per heavy atom. The van der Waals surface area contributed by atoms with Crippen molar-refractivity contribution in [2.75, 3.05) is 0 Å². The van der Waals surface area contributed by atoms with Crippen molar-refractivity contribution in [2.45, 2.75) is 19.4 Å². The molecule has 0 atom stereocenters. The van der Waals surface area contributed by atoms with E-state index in [1.165, 1.54) is 12.1 Å². The van der Waals surface area contributed by atoms with Gasteiger partial charge in [-0.05, 0) is 17.7 Å². The van der Waals surface area contributed by atoms with Crippen molar-refractivity contribution in [1.82, 2.24) is 0 Å². The summed E-state index contributed by atoms with van der Waals surface area (Å²) in [6.45, 7) is 0.782. The lowest BCUT2D eigenvalue weighted by Crippen LogP contribution is -2.10. The highest BCUT2D eigenvalue weighted by Crippen LogP contribution is 2.34. The minimum Gasteiger partial charge on any atom is -0.489 e. The van der Waals surface area contributed by atoms with Crippen molar-refractivity contribution in [3.63, 3.8) is 0 Å². The topological polar surface area (TPSA) is 35.5 Å². The first-order chi connectivity index (χ1) is 10.5. The molecule has 0 saturated heterocycles. The van der Waals surface area contributed by atoms with Gasteiger partial charge in [0.2, 0.25) is 0 Å². The molecule has 2 rings (SSSR count). The monoisotopic (exact) mass is 309 g/mol. The average molecular weight is 309 g/mol. The molecule has 0 saturated carbocycles. The second-order valence-corrected chi connectivity index (χ2v) is 4.46. The molecule has 0 aliphatic heterocycles. The molecule has 0 fully saturated rings. The van der Waals surface area contributed by atoms with E-state index >= 15 is 0 Å². The maximum atomic E-state index is 13.0. The third-order valence-electron chi connectivity index (χ3n) is 2.92. The van der Waals surface area contributed by atoms with Crippen LogP contribution in [0.5, 0.6) is 5.75 Å². The maximum Gasteiger partial charge on any atom is 0.417 e. The predicted molar refractivity (Wildman–Crippen MR) is 72.7 cm³/mol. The maximum absolute atomic E-state index is 13.0. The van der Waals surface area contributed by atoms with Crippen LogP contribution in [0.25, 0.3) is 0 Å². The Bertz CT molecular complexity index is 624. The van der Waals surface area contributed by atoms with Crippen LogP contribution in [0.2, 0.25) is 0 Å². The summed E-state index contributed by atoms with van der Waals surface area (Å²) in [7, 11) is 0. The molecular formula is C16H12F3O3. The van der Waals surface area contributed by atoms with E-state index in [1.54, 1.807) is 0 Å². The molecule has 22 heavy (non-hydrogen) atoms. The molecule has 0 spiro atoms. The first-order valence-electron chi connectivity index (χ1n) is 6.36. The van der Waals surface area contributed by atoms with E-state index in [0.29, 0.717) is 0 Å². The minimum atomic E-state index is -4.56. The molecule has 1 radical (unpaired) electrons. The summed E-state index contributed by atoms with van der Waals surface area (Å²) in [5, 5.41) is 0. The van der Waals surface area contributed by atoms with Crippen LogP contribution in [0.3, 0.4) is 0 Å². The van der Waals surface area contributed by atoms with Crippen LogP contribution in [-0.2, 0) is 28.9 Å². The van der Waals surface area contributed by atoms with Gasteiger partial charge in [0.1, 0.15) is 19.0 Å². The van der Waals surface area contributed by atoms with E-state index in [0.717, 1.165) is 18.1 Å². The Hall–Kier alpha value is -2.50. The second kappa shape index (κ2) is 6.98. The van der Waals surface area contributed by atoms with E-state index < -0.39 is 18.3 Å². The lowest BCUT2D eigenvalue weighted by Gasteiger charge is -2.14. The average Bonchev–Trinajstić information content (AvgIpc) is 2.51. The lowest BCUT2D eigenvalue weighted by atomic mass is 10.1. The van der Waals surface area contributed by atoms with Gasteiger partial charge in [-0.3, -0.25) is 0 Å². The van der Waals surface area contributed by atoms with Crippen LogP contribution >= 0.6 is 0 Å². The Kier molecular flexibility index (Phi) is 5.04. The molecular weight excluding hydrogens is 297 g/mol. The molecule has 6 heteroatoms. The second-order valence-electron chi connectivity index (χ2n) is 4.46. The van der Waals surface area contributed by atoms with Gasteiger partial charge in [-0.15, -0.1) is 0 Å². The Balaban J connectivity index is 2.17. The highest BCUT2D eigenvalue weighted by Gasteiger charge is 2.34. The van der Waals surface area contributed by atoms with Crippen LogP contribution in [-0.4, -0.2) is 6.47 Å². The van der Waals surface area contributed by atoms with E-state index in [9.17, 15) is 18.0 Å². The summed E-state index contributed by atoms with van der Waals surface area (Å²) in [5.41, 5.74) is -0.199. The standard InChI is InChI=1S/C16H12F3O3/c17-16(18,19)15-8-14(7-6-13(15)10-21-11-20)22-9-12-4-2-1-3-5-12/h1-8H,9-10H2. The van der Waals surface area contributed by atoms with Gasteiger partial charge in [0.15, 0.2) is 0 Å². The van der Waals surface area contributed by atoms with Crippen molar-refractivity contribution in [2.24, 2.45) is 0 Å². The first-order valence-corrected chi connectivity index (χ1v) is 6.36. The van der Waals surface area contributed by atoms with Crippen molar-refractivity contribution < 1.29 is 27.4 Å². The molecule has 0 aromatic heterocycles. The largest absolute Gasteiger partial charge is 0.489 e. The number of carbonyl (C=O) groups excluding carboxylic acids is 1. The third-order valence-corrected chi connectivity index (χ3v) is 2.92. The molecule has 3 nitrogen and oxygen atoms in total. The minimum absolute atomic E-state index is 0.0926. The van der Waals surface area contributed by atoms with Crippen molar-refractivity contribution >= 4 is 6.47 Å². The zero-order valence-corrected chi connectivity index (χ0v) is 11.4. The zero-order valence-electron chi connectivity index (χ0n) is 11.4. The van der Waals surface area contributed by atoms with E-state index in [-0.39, 0.29) is 17.9 Å². The summed E-state index contributed by atoms with van der Waals surface area (Å²) >= 11 is 0. The number of hydrogen-bond acceptors (Lipinski definition) is 3. The summed E-state index contributed by atoms with van der Waals surface area (Å²) in [4.78, 5) is 10.0. The first kappa shape index (κ1) is 15.9. The number of hydrogen-bond donors (Lipinski definition) is 0. The summed E-state index contributed by atoms with van der Waals surface area (Å²) < 4.78 is 48.7. The highest BCUT2D eigenvalue weighted by molar-refractivity contribution is 5.41. The van der Waals surface area contributed by atoms with Crippen molar-refractivity contribution in [3.8, 4) is 5.75 Å². The number of benzene rings is 2. The molecule has 0 aliphatic rings. The molecule has 0 heterocycles. The Labute approximate surface area is 125 Å². The molecule has 0 aliphatic carbocycles. The summed E-state index contributed by atoms with van der Waals surface area (Å²) in [6, 6.07) is 12.6. The van der Waals surface area contributed by atoms with E-state index in [4.69, 9.17) is 4.74 Å². The van der Waals surface area contributed by atoms with Gasteiger partial charge in [-0.1, -0.05) is 36.4 Å². The predicted octanol–water partition coefficient (Wildman–Crippen LogP) is 3.87. The molecule has 115 valence electrons. The fourth-order valence-electron chi connectivity index (χ4n) is 1.88. The van der Waals surface area contributed by atoms with Gasteiger partial charge >= 0.3 is 12.6 Å². The lowest BCUT2D eigenvalue weighted by molar-refractivity contribution is -0.138. The van der Waals surface area contributed by atoms with E-state index in [1.807, 2.05) is 30.3 Å². The van der Waals surface area contributed by atoms with Crippen LogP contribution < -0.4 is 4.74 Å². The van der Waals surface area contributed by atoms with Crippen LogP contribution in [0.1, 0.15) is 16.7 Å². The zero-order chi connectivity index (χ0) is 16.0. The fraction of sp³-hybridized carbons (Fsp3) is 0.188. The molecule has 0 bridgehead atoms. The fourth-order valence-corrected chi connectivity index (χ4v) is 1.88. The Morgan fingerprint density at radius 1 is 1.00 bits per heavy atom. The number of alkyl halides is 3. The molecule has 0 N–H and O–H groups in total. The Morgan fingerprint density at radius 2 is 1.73 bits per heavy atom. The SMILES string of the molecule is O=[C]OCc1ccc(OCc2ccccc2)cc1C(F)(F)F. The van der Waals surface area contributed by atoms with Crippen LogP contribution in [0, 0.1) is 0 Å². The van der Waals surface area contributed by atoms with Gasteiger partial charge < -0.3 is 9.47 Å². The van der Waals surface area contributed by atoms with Gasteiger partial charge in [0.05, 0.1) is 5.56 Å². The summed E-state index contributed by atoms with van der Waals surface area (Å²) in [6.07, 6.45) is -4.56. The van der Waals surface area contributed by atoms with Gasteiger partial charge in [-0.25, -0.2) is 4.79 Å². The van der Waals surface area contributed by atoms with Gasteiger partial charge in [0, 0.05) is 5.56 Å². The molecule has 0 unspecified atom stereocenters.